The van der Waals surface area contributed by atoms with Crippen LogP contribution in [0.15, 0.2) is 36.4 Å². The van der Waals surface area contributed by atoms with E-state index < -0.39 is 11.8 Å². The van der Waals surface area contributed by atoms with Gasteiger partial charge in [0.15, 0.2) is 5.82 Å². The lowest BCUT2D eigenvalue weighted by Gasteiger charge is -2.34. The van der Waals surface area contributed by atoms with Crippen molar-refractivity contribution in [3.63, 3.8) is 0 Å². The van der Waals surface area contributed by atoms with Gasteiger partial charge in [0.25, 0.3) is 0 Å². The van der Waals surface area contributed by atoms with Crippen LogP contribution in [0, 0.1) is 0 Å². The van der Waals surface area contributed by atoms with Crippen molar-refractivity contribution in [2.45, 2.75) is 13.3 Å². The predicted octanol–water partition coefficient (Wildman–Crippen LogP) is 0.157. The highest BCUT2D eigenvalue weighted by Gasteiger charge is 2.26. The number of anilines is 2. The Morgan fingerprint density at radius 1 is 1.00 bits per heavy atom. The Morgan fingerprint density at radius 2 is 1.71 bits per heavy atom. The van der Waals surface area contributed by atoms with Gasteiger partial charge in [-0.3, -0.25) is 19.3 Å². The first-order valence-electron chi connectivity index (χ1n) is 11.3. The van der Waals surface area contributed by atoms with E-state index >= 15 is 0 Å². The van der Waals surface area contributed by atoms with Crippen molar-refractivity contribution in [2.24, 2.45) is 0 Å². The smallest absolute Gasteiger partial charge is 0.315 e. The fraction of sp³-hybridized carbons (Fsp3) is 0.435. The van der Waals surface area contributed by atoms with Gasteiger partial charge in [-0.15, -0.1) is 0 Å². The molecule has 0 saturated carbocycles. The zero-order valence-electron chi connectivity index (χ0n) is 19.3. The van der Waals surface area contributed by atoms with Crippen molar-refractivity contribution in [2.75, 3.05) is 63.1 Å². The van der Waals surface area contributed by atoms with Crippen LogP contribution in [0.1, 0.15) is 13.3 Å². The maximum Gasteiger partial charge on any atom is 0.315 e. The molecule has 11 heteroatoms. The predicted molar refractivity (Wildman–Crippen MR) is 128 cm³/mol. The molecule has 1 saturated heterocycles. The fourth-order valence-corrected chi connectivity index (χ4v) is 3.53. The third kappa shape index (κ3) is 7.49. The second-order valence-corrected chi connectivity index (χ2v) is 7.90. The minimum Gasteiger partial charge on any atom is -0.396 e. The lowest BCUT2D eigenvalue weighted by Crippen LogP contribution is -2.51. The SMILES string of the molecule is CC(=O)NCCNc1cc(NC(=O)C(=O)N2CCN(CCCO)CC2)nc(-c2ccccc2)n1. The van der Waals surface area contributed by atoms with Gasteiger partial charge < -0.3 is 26.0 Å². The zero-order valence-corrected chi connectivity index (χ0v) is 19.3. The molecule has 1 aliphatic heterocycles. The number of aliphatic hydroxyl groups is 1. The number of aliphatic hydroxyl groups excluding tert-OH is 1. The summed E-state index contributed by atoms with van der Waals surface area (Å²) in [6, 6.07) is 10.9. The molecule has 34 heavy (non-hydrogen) atoms. The molecule has 0 bridgehead atoms. The summed E-state index contributed by atoms with van der Waals surface area (Å²) in [4.78, 5) is 49.0. The number of rotatable bonds is 9. The maximum atomic E-state index is 12.7. The first kappa shape index (κ1) is 25.1. The third-order valence-corrected chi connectivity index (χ3v) is 5.29. The van der Waals surface area contributed by atoms with Crippen molar-refractivity contribution in [1.82, 2.24) is 25.1 Å². The van der Waals surface area contributed by atoms with Gasteiger partial charge in [0.1, 0.15) is 11.6 Å². The van der Waals surface area contributed by atoms with Crippen LogP contribution in [0.2, 0.25) is 0 Å². The summed E-state index contributed by atoms with van der Waals surface area (Å²) in [5.41, 5.74) is 0.758. The number of nitrogens with zero attached hydrogens (tertiary/aromatic N) is 4. The lowest BCUT2D eigenvalue weighted by molar-refractivity contribution is -0.144. The molecular formula is C23H31N7O4. The molecular weight excluding hydrogens is 438 g/mol. The van der Waals surface area contributed by atoms with Crippen LogP contribution in [0.3, 0.4) is 0 Å². The van der Waals surface area contributed by atoms with E-state index in [-0.39, 0.29) is 18.3 Å². The average Bonchev–Trinajstić information content (AvgIpc) is 2.85. The molecule has 4 N–H and O–H groups in total. The van der Waals surface area contributed by atoms with Crippen molar-refractivity contribution in [3.8, 4) is 11.4 Å². The van der Waals surface area contributed by atoms with Gasteiger partial charge in [0, 0.05) is 71.0 Å². The number of hydrogen-bond acceptors (Lipinski definition) is 8. The second kappa shape index (κ2) is 12.6. The number of benzene rings is 1. The monoisotopic (exact) mass is 469 g/mol. The first-order chi connectivity index (χ1) is 16.5. The molecule has 3 amide bonds. The Kier molecular flexibility index (Phi) is 9.30. The minimum absolute atomic E-state index is 0.129. The van der Waals surface area contributed by atoms with Gasteiger partial charge in [0.05, 0.1) is 0 Å². The highest BCUT2D eigenvalue weighted by molar-refractivity contribution is 6.39. The Morgan fingerprint density at radius 3 is 2.38 bits per heavy atom. The summed E-state index contributed by atoms with van der Waals surface area (Å²) < 4.78 is 0. The number of aromatic nitrogens is 2. The summed E-state index contributed by atoms with van der Waals surface area (Å²) in [5.74, 6) is -0.441. The second-order valence-electron chi connectivity index (χ2n) is 7.90. The van der Waals surface area contributed by atoms with E-state index in [0.29, 0.717) is 57.3 Å². The quantitative estimate of drug-likeness (QED) is 0.301. The van der Waals surface area contributed by atoms with Crippen LogP contribution in [0.5, 0.6) is 0 Å². The number of amides is 3. The van der Waals surface area contributed by atoms with E-state index in [1.165, 1.54) is 11.8 Å². The summed E-state index contributed by atoms with van der Waals surface area (Å²) >= 11 is 0. The van der Waals surface area contributed by atoms with Gasteiger partial charge in [-0.25, -0.2) is 9.97 Å². The summed E-state index contributed by atoms with van der Waals surface area (Å²) in [6.07, 6.45) is 0.688. The fourth-order valence-electron chi connectivity index (χ4n) is 3.53. The minimum atomic E-state index is -0.759. The molecule has 1 aliphatic rings. The van der Waals surface area contributed by atoms with Gasteiger partial charge in [-0.05, 0) is 6.42 Å². The summed E-state index contributed by atoms with van der Waals surface area (Å²) in [5, 5.41) is 17.4. The van der Waals surface area contributed by atoms with Crippen molar-refractivity contribution < 1.29 is 19.5 Å². The molecule has 2 heterocycles. The number of nitrogens with one attached hydrogen (secondary N) is 3. The molecule has 182 valence electrons. The first-order valence-corrected chi connectivity index (χ1v) is 11.3. The maximum absolute atomic E-state index is 12.7. The van der Waals surface area contributed by atoms with E-state index in [4.69, 9.17) is 5.11 Å². The van der Waals surface area contributed by atoms with Gasteiger partial charge >= 0.3 is 11.8 Å². The lowest BCUT2D eigenvalue weighted by atomic mass is 10.2. The van der Waals surface area contributed by atoms with E-state index in [1.807, 2.05) is 30.3 Å². The molecule has 0 radical (unpaired) electrons. The molecule has 1 fully saturated rings. The van der Waals surface area contributed by atoms with E-state index in [1.54, 1.807) is 6.07 Å². The Hall–Kier alpha value is -3.57. The summed E-state index contributed by atoms with van der Waals surface area (Å²) in [7, 11) is 0. The van der Waals surface area contributed by atoms with Crippen LogP contribution in [-0.4, -0.2) is 95.0 Å². The molecule has 3 rings (SSSR count). The zero-order chi connectivity index (χ0) is 24.3. The topological polar surface area (TPSA) is 140 Å². The normalized spacial score (nSPS) is 13.9. The van der Waals surface area contributed by atoms with Crippen LogP contribution in [-0.2, 0) is 14.4 Å². The molecule has 0 atom stereocenters. The molecule has 11 nitrogen and oxygen atoms in total. The van der Waals surface area contributed by atoms with Gasteiger partial charge in [-0.1, -0.05) is 30.3 Å². The van der Waals surface area contributed by atoms with Gasteiger partial charge in [-0.2, -0.15) is 0 Å². The number of hydrogen-bond donors (Lipinski definition) is 4. The third-order valence-electron chi connectivity index (χ3n) is 5.29. The largest absolute Gasteiger partial charge is 0.396 e. The average molecular weight is 470 g/mol. The number of carbonyl (C=O) groups is 3. The standard InChI is InChI=1S/C23H31N7O4/c1-17(32)24-8-9-25-19-16-20(27-21(26-19)18-6-3-2-4-7-18)28-22(33)23(34)30-13-11-29(12-14-30)10-5-15-31/h2-4,6-7,16,31H,5,8-15H2,1H3,(H,24,32)(H2,25,26,27,28,33). The Balaban J connectivity index is 1.67. The Labute approximate surface area is 198 Å². The molecule has 1 aromatic carbocycles. The molecule has 0 aliphatic carbocycles. The van der Waals surface area contributed by atoms with Crippen LogP contribution >= 0.6 is 0 Å². The van der Waals surface area contributed by atoms with E-state index in [9.17, 15) is 14.4 Å². The Bertz CT molecular complexity index is 979. The molecule has 0 unspecified atom stereocenters. The highest BCUT2D eigenvalue weighted by Crippen LogP contribution is 2.20. The molecule has 0 spiro atoms. The van der Waals surface area contributed by atoms with Crippen LogP contribution in [0.25, 0.3) is 11.4 Å². The van der Waals surface area contributed by atoms with Crippen molar-refractivity contribution in [1.29, 1.82) is 0 Å². The molecule has 1 aromatic heterocycles. The van der Waals surface area contributed by atoms with Crippen molar-refractivity contribution >= 4 is 29.4 Å². The molecule has 2 aromatic rings. The van der Waals surface area contributed by atoms with Crippen LogP contribution in [0.4, 0.5) is 11.6 Å². The number of carbonyl (C=O) groups excluding carboxylic acids is 3. The van der Waals surface area contributed by atoms with E-state index in [2.05, 4.69) is 30.8 Å². The van der Waals surface area contributed by atoms with Crippen molar-refractivity contribution in [3.05, 3.63) is 36.4 Å². The van der Waals surface area contributed by atoms with Gasteiger partial charge in [0.2, 0.25) is 5.91 Å². The number of piperazine rings is 1. The van der Waals surface area contributed by atoms with Crippen LogP contribution < -0.4 is 16.0 Å². The summed E-state index contributed by atoms with van der Waals surface area (Å²) in [6.45, 7) is 5.40. The van der Waals surface area contributed by atoms with E-state index in [0.717, 1.165) is 12.1 Å². The highest BCUT2D eigenvalue weighted by atomic mass is 16.3.